The minimum absolute atomic E-state index is 0.0251. The fourth-order valence-corrected chi connectivity index (χ4v) is 4.37. The van der Waals surface area contributed by atoms with Crippen molar-refractivity contribution in [2.24, 2.45) is 10.9 Å². The number of hydrogen-bond donors (Lipinski definition) is 0. The van der Waals surface area contributed by atoms with E-state index in [2.05, 4.69) is 94.1 Å². The highest BCUT2D eigenvalue weighted by molar-refractivity contribution is 6.17. The van der Waals surface area contributed by atoms with Crippen molar-refractivity contribution in [3.63, 3.8) is 0 Å². The molecule has 3 rings (SSSR count). The largest absolute Gasteiger partial charge is 0.350 e. The molecule has 0 radical (unpaired) electrons. The van der Waals surface area contributed by atoms with E-state index in [1.54, 1.807) is 0 Å². The minimum Gasteiger partial charge on any atom is -0.350 e. The third-order valence-electron chi connectivity index (χ3n) is 5.06. The van der Waals surface area contributed by atoms with Gasteiger partial charge in [-0.25, -0.2) is 0 Å². The Morgan fingerprint density at radius 3 is 2.04 bits per heavy atom. The van der Waals surface area contributed by atoms with Gasteiger partial charge >= 0.3 is 0 Å². The number of nitrogens with zero attached hydrogens (tertiary/aromatic N) is 2. The third kappa shape index (κ3) is 2.20. The Hall–Kier alpha value is -2.09. The maximum atomic E-state index is 4.82. The molecule has 126 valence electrons. The monoisotopic (exact) mass is 320 g/mol. The van der Waals surface area contributed by atoms with Crippen LogP contribution in [0, 0.1) is 5.92 Å². The summed E-state index contributed by atoms with van der Waals surface area (Å²) in [5.41, 5.74) is 4.75. The lowest BCUT2D eigenvalue weighted by molar-refractivity contribution is 0.327. The van der Waals surface area contributed by atoms with Gasteiger partial charge in [-0.15, -0.1) is 0 Å². The standard InChI is InChI=1S/C22H28N2/c1-16(2)22(17-12-8-7-9-13-17)20(23-6)18-14-10-11-15-19(18)24(22)21(3,4)5/h7-16H,1-6H3. The van der Waals surface area contributed by atoms with Crippen molar-refractivity contribution in [2.75, 3.05) is 11.9 Å². The van der Waals surface area contributed by atoms with E-state index in [9.17, 15) is 0 Å². The molecule has 24 heavy (non-hydrogen) atoms. The van der Waals surface area contributed by atoms with Crippen molar-refractivity contribution in [1.82, 2.24) is 0 Å². The normalized spacial score (nSPS) is 22.3. The molecule has 0 saturated carbocycles. The summed E-state index contributed by atoms with van der Waals surface area (Å²) in [5, 5.41) is 0. The van der Waals surface area contributed by atoms with Gasteiger partial charge in [0.05, 0.1) is 5.71 Å². The number of aliphatic imine (C=N–C) groups is 1. The molecule has 0 fully saturated rings. The van der Waals surface area contributed by atoms with Gasteiger partial charge in [-0.2, -0.15) is 0 Å². The number of hydrogen-bond acceptors (Lipinski definition) is 2. The average molecular weight is 320 g/mol. The van der Waals surface area contributed by atoms with Crippen LogP contribution in [0.2, 0.25) is 0 Å². The van der Waals surface area contributed by atoms with Crippen LogP contribution < -0.4 is 4.90 Å². The molecule has 2 nitrogen and oxygen atoms in total. The smallest absolute Gasteiger partial charge is 0.111 e. The predicted octanol–water partition coefficient (Wildman–Crippen LogP) is 5.28. The van der Waals surface area contributed by atoms with Crippen LogP contribution in [0.25, 0.3) is 0 Å². The molecule has 1 aliphatic rings. The molecule has 1 heterocycles. The first-order chi connectivity index (χ1) is 11.3. The van der Waals surface area contributed by atoms with E-state index >= 15 is 0 Å². The molecule has 2 heteroatoms. The van der Waals surface area contributed by atoms with E-state index in [1.807, 2.05) is 7.05 Å². The number of fused-ring (bicyclic) bond motifs is 1. The zero-order valence-electron chi connectivity index (χ0n) is 15.7. The first-order valence-corrected chi connectivity index (χ1v) is 8.77. The van der Waals surface area contributed by atoms with Crippen molar-refractivity contribution in [3.8, 4) is 0 Å². The van der Waals surface area contributed by atoms with E-state index in [0.717, 1.165) is 0 Å². The van der Waals surface area contributed by atoms with Gasteiger partial charge in [-0.3, -0.25) is 4.99 Å². The summed E-state index contributed by atoms with van der Waals surface area (Å²) in [6.07, 6.45) is 0. The summed E-state index contributed by atoms with van der Waals surface area (Å²) in [7, 11) is 1.93. The molecule has 2 aromatic rings. The van der Waals surface area contributed by atoms with Crippen LogP contribution in [-0.2, 0) is 5.54 Å². The van der Waals surface area contributed by atoms with Crippen LogP contribution in [0.1, 0.15) is 45.7 Å². The summed E-state index contributed by atoms with van der Waals surface area (Å²) in [6.45, 7) is 11.5. The van der Waals surface area contributed by atoms with Crippen molar-refractivity contribution >= 4 is 11.4 Å². The summed E-state index contributed by atoms with van der Waals surface area (Å²) >= 11 is 0. The molecule has 1 unspecified atom stereocenters. The van der Waals surface area contributed by atoms with Crippen molar-refractivity contribution in [1.29, 1.82) is 0 Å². The van der Waals surface area contributed by atoms with Gasteiger partial charge < -0.3 is 4.90 Å². The molecule has 0 aromatic heterocycles. The van der Waals surface area contributed by atoms with Gasteiger partial charge in [0.15, 0.2) is 0 Å². The van der Waals surface area contributed by atoms with E-state index in [1.165, 1.54) is 22.5 Å². The topological polar surface area (TPSA) is 15.6 Å². The fourth-order valence-electron chi connectivity index (χ4n) is 4.37. The Bertz CT molecular complexity index is 753. The van der Waals surface area contributed by atoms with Gasteiger partial charge in [0.2, 0.25) is 0 Å². The van der Waals surface area contributed by atoms with Gasteiger partial charge in [0.25, 0.3) is 0 Å². The minimum atomic E-state index is -0.252. The number of rotatable bonds is 2. The Kier molecular flexibility index (Phi) is 4.03. The van der Waals surface area contributed by atoms with Crippen molar-refractivity contribution in [2.45, 2.75) is 45.7 Å². The van der Waals surface area contributed by atoms with E-state index < -0.39 is 0 Å². The van der Waals surface area contributed by atoms with Crippen LogP contribution in [0.15, 0.2) is 59.6 Å². The molecule has 0 amide bonds. The lowest BCUT2D eigenvalue weighted by Gasteiger charge is -2.51. The van der Waals surface area contributed by atoms with Crippen molar-refractivity contribution in [3.05, 3.63) is 65.7 Å². The average Bonchev–Trinajstić information content (AvgIpc) is 2.86. The summed E-state index contributed by atoms with van der Waals surface area (Å²) in [4.78, 5) is 7.40. The molecule has 0 saturated heterocycles. The molecular formula is C22H28N2. The second kappa shape index (κ2) is 5.77. The second-order valence-electron chi connectivity index (χ2n) is 7.88. The molecule has 1 aliphatic heterocycles. The maximum Gasteiger partial charge on any atom is 0.111 e. The van der Waals surface area contributed by atoms with Gasteiger partial charge in [0.1, 0.15) is 5.54 Å². The zero-order chi connectivity index (χ0) is 17.5. The Balaban J connectivity index is 2.42. The lowest BCUT2D eigenvalue weighted by Crippen LogP contribution is -2.59. The van der Waals surface area contributed by atoms with E-state index in [4.69, 9.17) is 4.99 Å². The molecule has 1 atom stereocenters. The molecule has 2 aromatic carbocycles. The number of benzene rings is 2. The van der Waals surface area contributed by atoms with Gasteiger partial charge in [0, 0.05) is 23.8 Å². The second-order valence-corrected chi connectivity index (χ2v) is 7.88. The summed E-state index contributed by atoms with van der Waals surface area (Å²) in [5.74, 6) is 0.380. The van der Waals surface area contributed by atoms with Crippen LogP contribution in [0.4, 0.5) is 5.69 Å². The number of anilines is 1. The van der Waals surface area contributed by atoms with Crippen LogP contribution >= 0.6 is 0 Å². The Morgan fingerprint density at radius 1 is 0.917 bits per heavy atom. The van der Waals surface area contributed by atoms with E-state index in [-0.39, 0.29) is 11.1 Å². The molecule has 0 bridgehead atoms. The predicted molar refractivity (Wildman–Crippen MR) is 104 cm³/mol. The summed E-state index contributed by atoms with van der Waals surface area (Å²) < 4.78 is 0. The maximum absolute atomic E-state index is 4.82. The molecule has 0 spiro atoms. The first kappa shape index (κ1) is 16.8. The Morgan fingerprint density at radius 2 is 1.50 bits per heavy atom. The van der Waals surface area contributed by atoms with Crippen LogP contribution in [0.3, 0.4) is 0 Å². The molecule has 0 aliphatic carbocycles. The highest BCUT2D eigenvalue weighted by Gasteiger charge is 2.55. The Labute approximate surface area is 146 Å². The third-order valence-corrected chi connectivity index (χ3v) is 5.06. The van der Waals surface area contributed by atoms with Crippen molar-refractivity contribution < 1.29 is 0 Å². The number of para-hydroxylation sites is 1. The van der Waals surface area contributed by atoms with E-state index in [0.29, 0.717) is 5.92 Å². The van der Waals surface area contributed by atoms with Crippen LogP contribution in [0.5, 0.6) is 0 Å². The molecule has 0 N–H and O–H groups in total. The summed E-state index contributed by atoms with van der Waals surface area (Å²) in [6, 6.07) is 19.5. The highest BCUT2D eigenvalue weighted by atomic mass is 15.3. The lowest BCUT2D eigenvalue weighted by atomic mass is 9.74. The molecular weight excluding hydrogens is 292 g/mol. The fraction of sp³-hybridized carbons (Fsp3) is 0.409. The first-order valence-electron chi connectivity index (χ1n) is 8.77. The van der Waals surface area contributed by atoms with Gasteiger partial charge in [-0.05, 0) is 38.3 Å². The quantitative estimate of drug-likeness (QED) is 0.735. The SMILES string of the molecule is CN=C1c2ccccc2N(C(C)(C)C)C1(c1ccccc1)C(C)C. The van der Waals surface area contributed by atoms with Crippen LogP contribution in [-0.4, -0.2) is 18.3 Å². The zero-order valence-corrected chi connectivity index (χ0v) is 15.7. The highest BCUT2D eigenvalue weighted by Crippen LogP contribution is 2.52. The van der Waals surface area contributed by atoms with Gasteiger partial charge in [-0.1, -0.05) is 62.4 Å².